The Morgan fingerprint density at radius 2 is 1.42 bits per heavy atom. The first-order valence-corrected chi connectivity index (χ1v) is 14.4. The van der Waals surface area contributed by atoms with Crippen molar-refractivity contribution in [1.82, 2.24) is 5.32 Å². The SMILES string of the molecule is O=C(Nc1ccc(C(=O)/C=C/c2cccs2)cc1)/C(=C/c1ccc(OCc2ccccc2)cc1)NC(=O)c1ccccc1. The van der Waals surface area contributed by atoms with Crippen LogP contribution >= 0.6 is 11.3 Å². The highest BCUT2D eigenvalue weighted by atomic mass is 32.1. The molecule has 2 N–H and O–H groups in total. The Bertz CT molecular complexity index is 1730. The molecule has 0 radical (unpaired) electrons. The van der Waals surface area contributed by atoms with Crippen LogP contribution in [0.1, 0.15) is 36.7 Å². The molecule has 1 heterocycles. The molecular formula is C36H28N2O4S. The number of nitrogens with one attached hydrogen (secondary N) is 2. The number of ether oxygens (including phenoxy) is 1. The minimum absolute atomic E-state index is 0.0610. The predicted molar refractivity (Wildman–Crippen MR) is 172 cm³/mol. The number of carbonyl (C=O) groups is 3. The van der Waals surface area contributed by atoms with E-state index in [2.05, 4.69) is 10.6 Å². The van der Waals surface area contributed by atoms with Gasteiger partial charge in [-0.3, -0.25) is 14.4 Å². The molecule has 0 bridgehead atoms. The molecule has 212 valence electrons. The van der Waals surface area contributed by atoms with E-state index in [-0.39, 0.29) is 11.5 Å². The second-order valence-corrected chi connectivity index (χ2v) is 10.4. The van der Waals surface area contributed by atoms with Crippen LogP contribution in [-0.4, -0.2) is 17.6 Å². The number of carbonyl (C=O) groups excluding carboxylic acids is 3. The number of benzene rings is 4. The van der Waals surface area contributed by atoms with E-state index in [0.29, 0.717) is 34.7 Å². The Morgan fingerprint density at radius 3 is 2.09 bits per heavy atom. The van der Waals surface area contributed by atoms with Gasteiger partial charge in [-0.05, 0) is 89.3 Å². The maximum absolute atomic E-state index is 13.4. The molecule has 0 aliphatic rings. The lowest BCUT2D eigenvalue weighted by atomic mass is 10.1. The van der Waals surface area contributed by atoms with Gasteiger partial charge in [-0.1, -0.05) is 66.7 Å². The number of hydrogen-bond acceptors (Lipinski definition) is 5. The fourth-order valence-electron chi connectivity index (χ4n) is 4.07. The zero-order valence-corrected chi connectivity index (χ0v) is 23.9. The fraction of sp³-hybridized carbons (Fsp3) is 0.0278. The van der Waals surface area contributed by atoms with Crippen LogP contribution < -0.4 is 15.4 Å². The average molecular weight is 585 g/mol. The average Bonchev–Trinajstić information content (AvgIpc) is 3.58. The molecule has 7 heteroatoms. The molecule has 4 aromatic carbocycles. The van der Waals surface area contributed by atoms with E-state index in [1.807, 2.05) is 78.2 Å². The number of amides is 2. The van der Waals surface area contributed by atoms with E-state index in [4.69, 9.17) is 4.74 Å². The molecule has 1 aromatic heterocycles. The van der Waals surface area contributed by atoms with E-state index in [0.717, 1.165) is 10.4 Å². The summed E-state index contributed by atoms with van der Waals surface area (Å²) in [5.41, 5.74) is 3.21. The van der Waals surface area contributed by atoms with Crippen molar-refractivity contribution in [2.24, 2.45) is 0 Å². The van der Waals surface area contributed by atoms with Gasteiger partial charge >= 0.3 is 0 Å². The first kappa shape index (κ1) is 29.0. The van der Waals surface area contributed by atoms with Crippen molar-refractivity contribution in [2.45, 2.75) is 6.61 Å². The van der Waals surface area contributed by atoms with Gasteiger partial charge in [0.05, 0.1) is 0 Å². The monoisotopic (exact) mass is 584 g/mol. The molecular weight excluding hydrogens is 556 g/mol. The molecule has 0 unspecified atom stereocenters. The van der Waals surface area contributed by atoms with Crippen LogP contribution in [0.3, 0.4) is 0 Å². The second kappa shape index (κ2) is 14.4. The van der Waals surface area contributed by atoms with Gasteiger partial charge in [0, 0.05) is 21.7 Å². The maximum atomic E-state index is 13.4. The summed E-state index contributed by atoms with van der Waals surface area (Å²) in [5, 5.41) is 7.50. The molecule has 0 aliphatic heterocycles. The molecule has 43 heavy (non-hydrogen) atoms. The summed E-state index contributed by atoms with van der Waals surface area (Å²) in [4.78, 5) is 39.8. The van der Waals surface area contributed by atoms with Gasteiger partial charge in [-0.15, -0.1) is 11.3 Å². The fourth-order valence-corrected chi connectivity index (χ4v) is 4.68. The zero-order chi connectivity index (χ0) is 29.9. The van der Waals surface area contributed by atoms with Crippen molar-refractivity contribution in [3.8, 4) is 5.75 Å². The van der Waals surface area contributed by atoms with Gasteiger partial charge in [0.15, 0.2) is 5.78 Å². The summed E-state index contributed by atoms with van der Waals surface area (Å²) in [7, 11) is 0. The third-order valence-corrected chi connectivity index (χ3v) is 7.18. The summed E-state index contributed by atoms with van der Waals surface area (Å²) in [6.07, 6.45) is 4.90. The number of ketones is 1. The van der Waals surface area contributed by atoms with E-state index in [9.17, 15) is 14.4 Å². The number of rotatable bonds is 11. The zero-order valence-electron chi connectivity index (χ0n) is 23.1. The van der Waals surface area contributed by atoms with Crippen LogP contribution in [0.25, 0.3) is 12.2 Å². The molecule has 0 saturated carbocycles. The number of thiophene rings is 1. The number of anilines is 1. The lowest BCUT2D eigenvalue weighted by Crippen LogP contribution is -2.30. The minimum Gasteiger partial charge on any atom is -0.489 e. The lowest BCUT2D eigenvalue weighted by Gasteiger charge is -2.12. The Kier molecular flexibility index (Phi) is 9.70. The van der Waals surface area contributed by atoms with Crippen molar-refractivity contribution in [2.75, 3.05) is 5.32 Å². The maximum Gasteiger partial charge on any atom is 0.272 e. The topological polar surface area (TPSA) is 84.5 Å². The van der Waals surface area contributed by atoms with E-state index >= 15 is 0 Å². The van der Waals surface area contributed by atoms with Crippen LogP contribution in [0, 0.1) is 0 Å². The van der Waals surface area contributed by atoms with E-state index < -0.39 is 11.8 Å². The smallest absolute Gasteiger partial charge is 0.272 e. The predicted octanol–water partition coefficient (Wildman–Crippen LogP) is 7.63. The van der Waals surface area contributed by atoms with Gasteiger partial charge < -0.3 is 15.4 Å². The van der Waals surface area contributed by atoms with E-state index in [1.165, 1.54) is 6.08 Å². The van der Waals surface area contributed by atoms with Gasteiger partial charge in [0.1, 0.15) is 18.1 Å². The van der Waals surface area contributed by atoms with Crippen LogP contribution in [-0.2, 0) is 11.4 Å². The lowest BCUT2D eigenvalue weighted by molar-refractivity contribution is -0.113. The van der Waals surface area contributed by atoms with Crippen LogP contribution in [0.15, 0.2) is 138 Å². The minimum atomic E-state index is -0.509. The molecule has 0 saturated heterocycles. The Labute approximate surface area is 254 Å². The normalized spacial score (nSPS) is 11.2. The van der Waals surface area contributed by atoms with Crippen molar-refractivity contribution >= 4 is 46.8 Å². The number of allylic oxidation sites excluding steroid dienone is 1. The highest BCUT2D eigenvalue weighted by Crippen LogP contribution is 2.18. The van der Waals surface area contributed by atoms with Crippen molar-refractivity contribution in [3.05, 3.63) is 166 Å². The van der Waals surface area contributed by atoms with Gasteiger partial charge in [0.2, 0.25) is 0 Å². The third kappa shape index (κ3) is 8.48. The van der Waals surface area contributed by atoms with Gasteiger partial charge in [0.25, 0.3) is 11.8 Å². The highest BCUT2D eigenvalue weighted by molar-refractivity contribution is 7.10. The summed E-state index contributed by atoms with van der Waals surface area (Å²) < 4.78 is 5.86. The number of hydrogen-bond donors (Lipinski definition) is 2. The first-order valence-electron chi connectivity index (χ1n) is 13.6. The quantitative estimate of drug-likeness (QED) is 0.123. The molecule has 0 aliphatic carbocycles. The van der Waals surface area contributed by atoms with Crippen LogP contribution in [0.4, 0.5) is 5.69 Å². The summed E-state index contributed by atoms with van der Waals surface area (Å²) in [5.74, 6) is -0.382. The summed E-state index contributed by atoms with van der Waals surface area (Å²) >= 11 is 1.55. The third-order valence-electron chi connectivity index (χ3n) is 6.34. The Balaban J connectivity index is 1.29. The second-order valence-electron chi connectivity index (χ2n) is 9.47. The molecule has 5 aromatic rings. The van der Waals surface area contributed by atoms with Gasteiger partial charge in [-0.2, -0.15) is 0 Å². The van der Waals surface area contributed by atoms with Crippen molar-refractivity contribution < 1.29 is 19.1 Å². The van der Waals surface area contributed by atoms with E-state index in [1.54, 1.807) is 72.0 Å². The molecule has 2 amide bonds. The van der Waals surface area contributed by atoms with Gasteiger partial charge in [-0.25, -0.2) is 0 Å². The molecule has 0 fully saturated rings. The van der Waals surface area contributed by atoms with Crippen molar-refractivity contribution in [1.29, 1.82) is 0 Å². The first-order chi connectivity index (χ1) is 21.0. The summed E-state index contributed by atoms with van der Waals surface area (Å²) in [6, 6.07) is 36.2. The largest absolute Gasteiger partial charge is 0.489 e. The standard InChI is InChI=1S/C36H28N2O4S/c39-34(22-21-32-12-7-23-43-32)28-15-17-30(18-16-28)37-36(41)33(38-35(40)29-10-5-2-6-11-29)24-26-13-19-31(20-14-26)42-25-27-8-3-1-4-9-27/h1-24H,25H2,(H,37,41)(H,38,40)/b22-21+,33-24-. The molecule has 6 nitrogen and oxygen atoms in total. The Hall–Kier alpha value is -5.53. The summed E-state index contributed by atoms with van der Waals surface area (Å²) in [6.45, 7) is 0.437. The van der Waals surface area contributed by atoms with Crippen molar-refractivity contribution in [3.63, 3.8) is 0 Å². The molecule has 5 rings (SSSR count). The molecule has 0 atom stereocenters. The highest BCUT2D eigenvalue weighted by Gasteiger charge is 2.15. The Morgan fingerprint density at radius 1 is 0.721 bits per heavy atom. The van der Waals surface area contributed by atoms with Crippen LogP contribution in [0.2, 0.25) is 0 Å². The van der Waals surface area contributed by atoms with Crippen LogP contribution in [0.5, 0.6) is 5.75 Å². The molecule has 0 spiro atoms.